The van der Waals surface area contributed by atoms with E-state index in [-0.39, 0.29) is 23.7 Å². The molecule has 0 aliphatic carbocycles. The van der Waals surface area contributed by atoms with Crippen molar-refractivity contribution >= 4 is 40.9 Å². The standard InChI is InChI=1S/C23H28ClN3O5S/c1-12(2)32-19(28)11-18-23(27-25)26-20-15(9-13(24)10-17(20)30-4)22(33-18)14-7-6-8-16(29-3)21(14)31-5/h6-10,12,18,22H,11,25H2,1-5H3,(H,26,27)/t18-,22-/m1/s1. The van der Waals surface area contributed by atoms with E-state index in [1.165, 1.54) is 11.8 Å². The van der Waals surface area contributed by atoms with Gasteiger partial charge in [0.15, 0.2) is 11.5 Å². The molecule has 0 saturated heterocycles. The van der Waals surface area contributed by atoms with Crippen LogP contribution in [0.1, 0.15) is 36.6 Å². The monoisotopic (exact) mass is 493 g/mol. The van der Waals surface area contributed by atoms with Crippen molar-refractivity contribution in [1.82, 2.24) is 5.43 Å². The van der Waals surface area contributed by atoms with Crippen LogP contribution in [0, 0.1) is 0 Å². The first kappa shape index (κ1) is 25.0. The van der Waals surface area contributed by atoms with E-state index >= 15 is 0 Å². The highest BCUT2D eigenvalue weighted by Crippen LogP contribution is 2.52. The molecule has 3 N–H and O–H groups in total. The summed E-state index contributed by atoms with van der Waals surface area (Å²) in [7, 11) is 4.72. The van der Waals surface area contributed by atoms with Gasteiger partial charge in [-0.2, -0.15) is 0 Å². The fourth-order valence-corrected chi connectivity index (χ4v) is 5.34. The molecule has 10 heteroatoms. The van der Waals surface area contributed by atoms with Crippen molar-refractivity contribution in [3.05, 3.63) is 46.5 Å². The lowest BCUT2D eigenvalue weighted by Gasteiger charge is -2.25. The summed E-state index contributed by atoms with van der Waals surface area (Å²) in [4.78, 5) is 17.3. The summed E-state index contributed by atoms with van der Waals surface area (Å²) in [5, 5.41) is -0.268. The Morgan fingerprint density at radius 1 is 1.15 bits per heavy atom. The second-order valence-corrected chi connectivity index (χ2v) is 9.27. The summed E-state index contributed by atoms with van der Waals surface area (Å²) in [6, 6.07) is 9.18. The number of hydrazine groups is 1. The molecule has 8 nitrogen and oxygen atoms in total. The topological polar surface area (TPSA) is 104 Å². The summed E-state index contributed by atoms with van der Waals surface area (Å²) >= 11 is 7.93. The molecule has 178 valence electrons. The smallest absolute Gasteiger partial charge is 0.307 e. The second-order valence-electron chi connectivity index (χ2n) is 7.52. The number of aliphatic imine (C=N–C) groups is 1. The fraction of sp³-hybridized carbons (Fsp3) is 0.391. The first-order valence-electron chi connectivity index (χ1n) is 10.3. The highest BCUT2D eigenvalue weighted by Gasteiger charge is 2.35. The molecule has 33 heavy (non-hydrogen) atoms. The lowest BCUT2D eigenvalue weighted by molar-refractivity contribution is -0.147. The summed E-state index contributed by atoms with van der Waals surface area (Å²) in [6.45, 7) is 3.61. The third-order valence-electron chi connectivity index (χ3n) is 4.99. The van der Waals surface area contributed by atoms with Gasteiger partial charge in [0.25, 0.3) is 0 Å². The molecule has 0 spiro atoms. The molecule has 2 aromatic carbocycles. The molecule has 1 heterocycles. The van der Waals surface area contributed by atoms with Crippen molar-refractivity contribution in [2.75, 3.05) is 21.3 Å². The number of para-hydroxylation sites is 1. The van der Waals surface area contributed by atoms with Gasteiger partial charge in [0.05, 0.1) is 44.4 Å². The van der Waals surface area contributed by atoms with Crippen LogP contribution in [-0.2, 0) is 9.53 Å². The zero-order chi connectivity index (χ0) is 24.1. The number of esters is 1. The van der Waals surface area contributed by atoms with Crippen LogP contribution < -0.4 is 25.5 Å². The van der Waals surface area contributed by atoms with Gasteiger partial charge in [0.2, 0.25) is 0 Å². The molecule has 3 rings (SSSR count). The molecule has 0 amide bonds. The van der Waals surface area contributed by atoms with Gasteiger partial charge >= 0.3 is 5.97 Å². The zero-order valence-electron chi connectivity index (χ0n) is 19.2. The Morgan fingerprint density at radius 3 is 2.48 bits per heavy atom. The predicted molar refractivity (Wildman–Crippen MR) is 131 cm³/mol. The summed E-state index contributed by atoms with van der Waals surface area (Å²) in [5.74, 6) is 7.58. The molecule has 0 aromatic heterocycles. The summed E-state index contributed by atoms with van der Waals surface area (Å²) in [5.41, 5.74) is 4.86. The number of nitrogens with zero attached hydrogens (tertiary/aromatic N) is 1. The lowest BCUT2D eigenvalue weighted by Crippen LogP contribution is -2.39. The average Bonchev–Trinajstić information content (AvgIpc) is 2.93. The maximum Gasteiger partial charge on any atom is 0.307 e. The molecule has 1 aliphatic rings. The SMILES string of the molecule is COc1cc(Cl)cc2c1N=C(NN)[C@@H](CC(=O)OC(C)C)S[C@@H]2c1cccc(OC)c1OC. The van der Waals surface area contributed by atoms with Gasteiger partial charge in [0.1, 0.15) is 17.3 Å². The molecule has 0 fully saturated rings. The van der Waals surface area contributed by atoms with E-state index in [9.17, 15) is 4.79 Å². The van der Waals surface area contributed by atoms with E-state index < -0.39 is 5.25 Å². The number of hydrogen-bond acceptors (Lipinski definition) is 9. The van der Waals surface area contributed by atoms with Crippen LogP contribution in [0.3, 0.4) is 0 Å². The van der Waals surface area contributed by atoms with Crippen LogP contribution in [0.5, 0.6) is 17.2 Å². The van der Waals surface area contributed by atoms with E-state index in [0.717, 1.165) is 11.1 Å². The number of rotatable bonds is 7. The molecule has 1 aliphatic heterocycles. The van der Waals surface area contributed by atoms with Gasteiger partial charge in [-0.3, -0.25) is 4.79 Å². The number of ether oxygens (including phenoxy) is 4. The van der Waals surface area contributed by atoms with Gasteiger partial charge < -0.3 is 24.4 Å². The molecule has 0 saturated carbocycles. The molecule has 0 radical (unpaired) electrons. The minimum absolute atomic E-state index is 0.0682. The number of amidine groups is 1. The number of carbonyl (C=O) groups excluding carboxylic acids is 1. The van der Waals surface area contributed by atoms with E-state index in [2.05, 4.69) is 5.43 Å². The van der Waals surface area contributed by atoms with Crippen molar-refractivity contribution in [1.29, 1.82) is 0 Å². The Morgan fingerprint density at radius 2 is 1.88 bits per heavy atom. The van der Waals surface area contributed by atoms with Crippen LogP contribution in [0.25, 0.3) is 0 Å². The molecule has 2 aromatic rings. The van der Waals surface area contributed by atoms with E-state index in [1.54, 1.807) is 41.2 Å². The summed E-state index contributed by atoms with van der Waals surface area (Å²) < 4.78 is 22.2. The van der Waals surface area contributed by atoms with Gasteiger partial charge in [-0.15, -0.1) is 11.8 Å². The van der Waals surface area contributed by atoms with Gasteiger partial charge in [-0.1, -0.05) is 23.7 Å². The van der Waals surface area contributed by atoms with Gasteiger partial charge in [0, 0.05) is 22.2 Å². The van der Waals surface area contributed by atoms with E-state index in [1.807, 2.05) is 24.3 Å². The molecule has 2 atom stereocenters. The third kappa shape index (κ3) is 5.48. The van der Waals surface area contributed by atoms with Gasteiger partial charge in [-0.25, -0.2) is 10.8 Å². The number of halogens is 1. The Kier molecular flexibility index (Phi) is 8.34. The van der Waals surface area contributed by atoms with Crippen LogP contribution in [-0.4, -0.2) is 44.5 Å². The van der Waals surface area contributed by atoms with Crippen molar-refractivity contribution in [3.63, 3.8) is 0 Å². The number of carbonyl (C=O) groups is 1. The molecular weight excluding hydrogens is 466 g/mol. The minimum atomic E-state index is -0.432. The third-order valence-corrected chi connectivity index (χ3v) is 6.71. The first-order valence-corrected chi connectivity index (χ1v) is 11.6. The predicted octanol–water partition coefficient (Wildman–Crippen LogP) is 4.41. The lowest BCUT2D eigenvalue weighted by atomic mass is 10.0. The molecule has 0 unspecified atom stereocenters. The quantitative estimate of drug-likeness (QED) is 0.332. The average molecular weight is 494 g/mol. The van der Waals surface area contributed by atoms with Crippen LogP contribution >= 0.6 is 23.4 Å². The highest BCUT2D eigenvalue weighted by atomic mass is 35.5. The normalized spacial score (nSPS) is 17.5. The van der Waals surface area contributed by atoms with Crippen molar-refractivity contribution in [2.45, 2.75) is 36.9 Å². The Bertz CT molecular complexity index is 1050. The fourth-order valence-electron chi connectivity index (χ4n) is 3.66. The molecular formula is C23H28ClN3O5S. The first-order chi connectivity index (χ1) is 15.8. The minimum Gasteiger partial charge on any atom is -0.494 e. The van der Waals surface area contributed by atoms with Gasteiger partial charge in [-0.05, 0) is 26.0 Å². The van der Waals surface area contributed by atoms with E-state index in [0.29, 0.717) is 33.8 Å². The maximum atomic E-state index is 12.6. The van der Waals surface area contributed by atoms with Crippen molar-refractivity contribution in [2.24, 2.45) is 10.8 Å². The number of benzene rings is 2. The number of thioether (sulfide) groups is 1. The van der Waals surface area contributed by atoms with Crippen LogP contribution in [0.2, 0.25) is 5.02 Å². The number of methoxy groups -OCH3 is 3. The number of hydrogen-bond donors (Lipinski definition) is 2. The largest absolute Gasteiger partial charge is 0.494 e. The second kappa shape index (κ2) is 11.0. The highest BCUT2D eigenvalue weighted by molar-refractivity contribution is 8.01. The maximum absolute atomic E-state index is 12.6. The summed E-state index contributed by atoms with van der Waals surface area (Å²) in [6.07, 6.45) is -0.163. The Balaban J connectivity index is 2.21. The van der Waals surface area contributed by atoms with Crippen molar-refractivity contribution < 1.29 is 23.7 Å². The molecule has 0 bridgehead atoms. The number of fused-ring (bicyclic) bond motifs is 1. The number of nitrogens with one attached hydrogen (secondary N) is 1. The van der Waals surface area contributed by atoms with Crippen molar-refractivity contribution in [3.8, 4) is 17.2 Å². The Hall–Kier alpha value is -2.62. The van der Waals surface area contributed by atoms with Crippen LogP contribution in [0.4, 0.5) is 5.69 Å². The Labute approximate surface area is 202 Å². The van der Waals surface area contributed by atoms with E-state index in [4.69, 9.17) is 41.4 Å². The zero-order valence-corrected chi connectivity index (χ0v) is 20.8. The number of nitrogens with two attached hydrogens (primary N) is 1. The van der Waals surface area contributed by atoms with Crippen LogP contribution in [0.15, 0.2) is 35.3 Å².